The molecule has 2 aromatic rings. The molecule has 2 saturated heterocycles. The van der Waals surface area contributed by atoms with E-state index in [4.69, 9.17) is 9.47 Å². The average Bonchev–Trinajstić information content (AvgIpc) is 3.30. The predicted molar refractivity (Wildman–Crippen MR) is 119 cm³/mol. The second-order valence-corrected chi connectivity index (χ2v) is 8.23. The van der Waals surface area contributed by atoms with Gasteiger partial charge in [-0.05, 0) is 24.3 Å². The van der Waals surface area contributed by atoms with Crippen molar-refractivity contribution in [3.8, 4) is 5.75 Å². The molecule has 30 heavy (non-hydrogen) atoms. The molecule has 0 unspecified atom stereocenters. The van der Waals surface area contributed by atoms with E-state index in [1.165, 1.54) is 17.0 Å². The zero-order valence-corrected chi connectivity index (χ0v) is 18.2. The van der Waals surface area contributed by atoms with Crippen molar-refractivity contribution >= 4 is 28.1 Å². The quantitative estimate of drug-likeness (QED) is 0.713. The number of hydrogen-bond donors (Lipinski definition) is 1. The van der Waals surface area contributed by atoms with Crippen molar-refractivity contribution in [2.75, 3.05) is 82.5 Å². The highest BCUT2D eigenvalue weighted by molar-refractivity contribution is 7.13. The van der Waals surface area contributed by atoms with Crippen molar-refractivity contribution in [1.82, 2.24) is 15.2 Å². The fourth-order valence-electron chi connectivity index (χ4n) is 3.71. The number of hydrogen-bond acceptors (Lipinski definition) is 8. The molecular weight excluding hydrogens is 402 g/mol. The molecule has 0 saturated carbocycles. The molecule has 1 amide bonds. The molecule has 0 spiro atoms. The van der Waals surface area contributed by atoms with Gasteiger partial charge in [-0.25, -0.2) is 4.98 Å². The van der Waals surface area contributed by atoms with Crippen LogP contribution in [0.5, 0.6) is 5.75 Å². The number of thiazole rings is 1. The Morgan fingerprint density at radius 3 is 2.50 bits per heavy atom. The number of carbonyl (C=O) groups is 1. The third kappa shape index (κ3) is 5.21. The Kier molecular flexibility index (Phi) is 7.03. The van der Waals surface area contributed by atoms with Gasteiger partial charge in [0.25, 0.3) is 5.91 Å². The monoisotopic (exact) mass is 431 g/mol. The number of aromatic nitrogens is 1. The molecule has 4 rings (SSSR count). The summed E-state index contributed by atoms with van der Waals surface area (Å²) in [6.45, 7) is 8.50. The van der Waals surface area contributed by atoms with Crippen LogP contribution < -0.4 is 19.9 Å². The van der Waals surface area contributed by atoms with Gasteiger partial charge in [0.15, 0.2) is 5.13 Å². The number of amides is 1. The molecule has 1 aromatic heterocycles. The van der Waals surface area contributed by atoms with E-state index in [1.807, 2.05) is 17.5 Å². The molecule has 0 bridgehead atoms. The number of rotatable bonds is 7. The zero-order valence-electron chi connectivity index (χ0n) is 17.4. The number of anilines is 2. The summed E-state index contributed by atoms with van der Waals surface area (Å²) >= 11 is 1.54. The largest absolute Gasteiger partial charge is 0.497 e. The molecule has 9 heteroatoms. The lowest BCUT2D eigenvalue weighted by Gasteiger charge is -2.36. The van der Waals surface area contributed by atoms with E-state index >= 15 is 0 Å². The van der Waals surface area contributed by atoms with Gasteiger partial charge >= 0.3 is 0 Å². The van der Waals surface area contributed by atoms with Gasteiger partial charge in [-0.2, -0.15) is 0 Å². The van der Waals surface area contributed by atoms with Crippen LogP contribution in [0.15, 0.2) is 29.6 Å². The van der Waals surface area contributed by atoms with E-state index in [9.17, 15) is 4.79 Å². The summed E-state index contributed by atoms with van der Waals surface area (Å²) in [5.41, 5.74) is 1.71. The number of carbonyl (C=O) groups excluding carboxylic acids is 1. The van der Waals surface area contributed by atoms with Crippen LogP contribution in [0.4, 0.5) is 10.8 Å². The normalized spacial score (nSPS) is 17.8. The van der Waals surface area contributed by atoms with E-state index in [0.29, 0.717) is 12.2 Å². The van der Waals surface area contributed by atoms with Crippen LogP contribution in [-0.2, 0) is 4.74 Å². The topological polar surface area (TPSA) is 70.2 Å². The van der Waals surface area contributed by atoms with Gasteiger partial charge in [0.05, 0.1) is 20.3 Å². The Hall–Kier alpha value is -2.36. The minimum Gasteiger partial charge on any atom is -0.497 e. The van der Waals surface area contributed by atoms with E-state index in [2.05, 4.69) is 37.1 Å². The highest BCUT2D eigenvalue weighted by atomic mass is 32.1. The summed E-state index contributed by atoms with van der Waals surface area (Å²) in [6.07, 6.45) is 0. The fourth-order valence-corrected chi connectivity index (χ4v) is 4.57. The van der Waals surface area contributed by atoms with Crippen LogP contribution >= 0.6 is 11.3 Å². The predicted octanol–water partition coefficient (Wildman–Crippen LogP) is 1.54. The van der Waals surface area contributed by atoms with Crippen LogP contribution in [0.25, 0.3) is 0 Å². The van der Waals surface area contributed by atoms with Crippen molar-refractivity contribution in [3.63, 3.8) is 0 Å². The van der Waals surface area contributed by atoms with E-state index in [0.717, 1.165) is 69.9 Å². The first-order chi connectivity index (χ1) is 14.7. The molecule has 162 valence electrons. The first-order valence-corrected chi connectivity index (χ1v) is 11.3. The molecule has 1 N–H and O–H groups in total. The summed E-state index contributed by atoms with van der Waals surface area (Å²) < 4.78 is 10.6. The number of nitrogens with one attached hydrogen (secondary N) is 1. The van der Waals surface area contributed by atoms with Crippen LogP contribution in [-0.4, -0.2) is 88.5 Å². The highest BCUT2D eigenvalue weighted by Gasteiger charge is 2.21. The van der Waals surface area contributed by atoms with Gasteiger partial charge < -0.3 is 24.6 Å². The van der Waals surface area contributed by atoms with Crippen molar-refractivity contribution < 1.29 is 14.3 Å². The van der Waals surface area contributed by atoms with Crippen LogP contribution in [0.1, 0.15) is 10.5 Å². The van der Waals surface area contributed by atoms with Gasteiger partial charge in [0, 0.05) is 63.4 Å². The Balaban J connectivity index is 1.24. The third-order valence-electron chi connectivity index (χ3n) is 5.53. The van der Waals surface area contributed by atoms with Crippen molar-refractivity contribution in [2.24, 2.45) is 0 Å². The molecule has 0 atom stereocenters. The van der Waals surface area contributed by atoms with Crippen LogP contribution in [0.3, 0.4) is 0 Å². The molecule has 0 aliphatic carbocycles. The molecule has 2 aliphatic rings. The maximum absolute atomic E-state index is 12.4. The lowest BCUT2D eigenvalue weighted by Crippen LogP contribution is -2.46. The van der Waals surface area contributed by atoms with Crippen molar-refractivity contribution in [1.29, 1.82) is 0 Å². The van der Waals surface area contributed by atoms with Crippen LogP contribution in [0.2, 0.25) is 0 Å². The fraction of sp³-hybridized carbons (Fsp3) is 0.524. The molecule has 2 aliphatic heterocycles. The lowest BCUT2D eigenvalue weighted by atomic mass is 10.2. The maximum atomic E-state index is 12.4. The molecule has 0 radical (unpaired) electrons. The molecule has 3 heterocycles. The minimum absolute atomic E-state index is 0.0948. The standard InChI is InChI=1S/C21H29N5O3S/c1-28-18-4-2-17(3-5-18)25-8-10-26(11-9-25)21-23-19(16-30-21)20(27)22-6-7-24-12-14-29-15-13-24/h2-5,16H,6-15H2,1H3,(H,22,27). The average molecular weight is 432 g/mol. The maximum Gasteiger partial charge on any atom is 0.270 e. The summed E-state index contributed by atoms with van der Waals surface area (Å²) in [5.74, 6) is 0.776. The highest BCUT2D eigenvalue weighted by Crippen LogP contribution is 2.25. The minimum atomic E-state index is -0.0948. The molecule has 2 fully saturated rings. The van der Waals surface area contributed by atoms with Gasteiger partial charge in [-0.1, -0.05) is 0 Å². The number of benzene rings is 1. The first kappa shape index (κ1) is 20.9. The molecular formula is C21H29N5O3S. The second-order valence-electron chi connectivity index (χ2n) is 7.40. The van der Waals surface area contributed by atoms with Gasteiger partial charge in [-0.15, -0.1) is 11.3 Å². The van der Waals surface area contributed by atoms with Gasteiger partial charge in [-0.3, -0.25) is 9.69 Å². The van der Waals surface area contributed by atoms with Gasteiger partial charge in [0.1, 0.15) is 11.4 Å². The number of ether oxygens (including phenoxy) is 2. The Bertz CT molecular complexity index is 814. The van der Waals surface area contributed by atoms with E-state index < -0.39 is 0 Å². The summed E-state index contributed by atoms with van der Waals surface area (Å²) in [4.78, 5) is 23.9. The van der Waals surface area contributed by atoms with Crippen LogP contribution in [0, 0.1) is 0 Å². The Morgan fingerprint density at radius 1 is 1.10 bits per heavy atom. The summed E-state index contributed by atoms with van der Waals surface area (Å²) in [7, 11) is 1.68. The summed E-state index contributed by atoms with van der Waals surface area (Å²) in [6, 6.07) is 8.17. The Labute approximate surface area is 181 Å². The van der Waals surface area contributed by atoms with E-state index in [-0.39, 0.29) is 5.91 Å². The smallest absolute Gasteiger partial charge is 0.270 e. The second kappa shape index (κ2) is 10.1. The summed E-state index contributed by atoms with van der Waals surface area (Å²) in [5, 5.41) is 5.76. The Morgan fingerprint density at radius 2 is 1.80 bits per heavy atom. The van der Waals surface area contributed by atoms with Crippen molar-refractivity contribution in [2.45, 2.75) is 0 Å². The first-order valence-electron chi connectivity index (χ1n) is 10.4. The number of methoxy groups -OCH3 is 1. The third-order valence-corrected chi connectivity index (χ3v) is 6.43. The molecule has 1 aromatic carbocycles. The number of nitrogens with zero attached hydrogens (tertiary/aromatic N) is 4. The van der Waals surface area contributed by atoms with Gasteiger partial charge in [0.2, 0.25) is 0 Å². The van der Waals surface area contributed by atoms with Crippen molar-refractivity contribution in [3.05, 3.63) is 35.3 Å². The SMILES string of the molecule is COc1ccc(N2CCN(c3nc(C(=O)NCCN4CCOCC4)cs3)CC2)cc1. The zero-order chi connectivity index (χ0) is 20.8. The number of piperazine rings is 1. The van der Waals surface area contributed by atoms with E-state index in [1.54, 1.807) is 7.11 Å². The number of morpholine rings is 1. The lowest BCUT2D eigenvalue weighted by molar-refractivity contribution is 0.0383. The molecule has 8 nitrogen and oxygen atoms in total.